The maximum atomic E-state index is 5.55. The van der Waals surface area contributed by atoms with Crippen molar-refractivity contribution in [3.8, 4) is 5.75 Å². The maximum absolute atomic E-state index is 5.55. The molecule has 11 heavy (non-hydrogen) atoms. The second kappa shape index (κ2) is 2.86. The monoisotopic (exact) mass is 212 g/mol. The molecular weight excluding hydrogens is 204 g/mol. The minimum absolute atomic E-state index is 0.206. The predicted octanol–water partition coefficient (Wildman–Crippen LogP) is 2.73. The molecule has 2 heteroatoms. The maximum Gasteiger partial charge on any atom is 0.153 e. The van der Waals surface area contributed by atoms with E-state index in [4.69, 9.17) is 4.74 Å². The molecule has 1 nitrogen and oxygen atoms in total. The van der Waals surface area contributed by atoms with Crippen LogP contribution in [0.1, 0.15) is 12.0 Å². The van der Waals surface area contributed by atoms with Crippen LogP contribution in [0.4, 0.5) is 0 Å². The second-order valence-corrected chi connectivity index (χ2v) is 3.70. The molecule has 0 aliphatic carbocycles. The summed E-state index contributed by atoms with van der Waals surface area (Å²) in [5, 5.41) is 0.206. The normalized spacial score (nSPS) is 22.1. The van der Waals surface area contributed by atoms with Crippen LogP contribution in [0.3, 0.4) is 0 Å². The molecule has 0 aromatic heterocycles. The van der Waals surface area contributed by atoms with Gasteiger partial charge in [-0.15, -0.1) is 0 Å². The Balaban J connectivity index is 2.34. The minimum atomic E-state index is 0.206. The van der Waals surface area contributed by atoms with Crippen molar-refractivity contribution in [3.05, 3.63) is 29.8 Å². The highest BCUT2D eigenvalue weighted by Gasteiger charge is 2.15. The zero-order valence-electron chi connectivity index (χ0n) is 6.09. The van der Waals surface area contributed by atoms with Crippen molar-refractivity contribution in [2.45, 2.75) is 17.9 Å². The summed E-state index contributed by atoms with van der Waals surface area (Å²) in [7, 11) is 0. The number of aryl methyl sites for hydroxylation is 1. The van der Waals surface area contributed by atoms with E-state index in [1.807, 2.05) is 12.1 Å². The molecule has 0 saturated carbocycles. The van der Waals surface area contributed by atoms with E-state index in [1.165, 1.54) is 5.56 Å². The van der Waals surface area contributed by atoms with E-state index in [2.05, 4.69) is 28.1 Å². The summed E-state index contributed by atoms with van der Waals surface area (Å²) in [6, 6.07) is 8.19. The van der Waals surface area contributed by atoms with E-state index >= 15 is 0 Å². The number of hydrogen-bond donors (Lipinski definition) is 0. The van der Waals surface area contributed by atoms with Crippen molar-refractivity contribution >= 4 is 15.9 Å². The Morgan fingerprint density at radius 1 is 1.36 bits per heavy atom. The quantitative estimate of drug-likeness (QED) is 0.602. The number of para-hydroxylation sites is 1. The summed E-state index contributed by atoms with van der Waals surface area (Å²) in [6.07, 6.45) is 2.18. The fraction of sp³-hybridized carbons (Fsp3) is 0.333. The van der Waals surface area contributed by atoms with Crippen molar-refractivity contribution in [2.75, 3.05) is 0 Å². The highest BCUT2D eigenvalue weighted by molar-refractivity contribution is 9.09. The molecule has 0 saturated heterocycles. The fourth-order valence-electron chi connectivity index (χ4n) is 1.29. The standard InChI is InChI=1S/C9H9BrO/c10-9-6-5-7-3-1-2-4-8(7)11-9/h1-4,9H,5-6H2. The number of rotatable bonds is 0. The molecule has 1 aromatic carbocycles. The first kappa shape index (κ1) is 7.17. The molecule has 0 N–H and O–H groups in total. The van der Waals surface area contributed by atoms with Gasteiger partial charge in [0.25, 0.3) is 0 Å². The van der Waals surface area contributed by atoms with Crippen molar-refractivity contribution in [1.82, 2.24) is 0 Å². The van der Waals surface area contributed by atoms with E-state index in [0.717, 1.165) is 18.6 Å². The predicted molar refractivity (Wildman–Crippen MR) is 48.1 cm³/mol. The van der Waals surface area contributed by atoms with E-state index in [9.17, 15) is 0 Å². The lowest BCUT2D eigenvalue weighted by molar-refractivity contribution is 0.262. The van der Waals surface area contributed by atoms with Gasteiger partial charge in [0.1, 0.15) is 5.75 Å². The topological polar surface area (TPSA) is 9.23 Å². The molecule has 1 aromatic rings. The highest BCUT2D eigenvalue weighted by atomic mass is 79.9. The van der Waals surface area contributed by atoms with Crippen LogP contribution in [-0.4, -0.2) is 5.01 Å². The molecule has 1 atom stereocenters. The lowest BCUT2D eigenvalue weighted by atomic mass is 10.1. The second-order valence-electron chi connectivity index (χ2n) is 2.67. The number of hydrogen-bond acceptors (Lipinski definition) is 1. The summed E-state index contributed by atoms with van der Waals surface area (Å²) in [4.78, 5) is 0. The van der Waals surface area contributed by atoms with E-state index in [0.29, 0.717) is 0 Å². The zero-order chi connectivity index (χ0) is 7.68. The summed E-state index contributed by atoms with van der Waals surface area (Å²) < 4.78 is 5.55. The molecular formula is C9H9BrO. The Morgan fingerprint density at radius 2 is 2.18 bits per heavy atom. The summed E-state index contributed by atoms with van der Waals surface area (Å²) in [5.74, 6) is 1.03. The van der Waals surface area contributed by atoms with Crippen LogP contribution in [0.2, 0.25) is 0 Å². The van der Waals surface area contributed by atoms with Crippen LogP contribution in [-0.2, 0) is 6.42 Å². The third-order valence-electron chi connectivity index (χ3n) is 1.87. The lowest BCUT2D eigenvalue weighted by Crippen LogP contribution is -2.15. The van der Waals surface area contributed by atoms with Gasteiger partial charge in [0, 0.05) is 0 Å². The van der Waals surface area contributed by atoms with Crippen LogP contribution in [0.15, 0.2) is 24.3 Å². The molecule has 0 amide bonds. The van der Waals surface area contributed by atoms with Gasteiger partial charge in [-0.25, -0.2) is 0 Å². The molecule has 0 spiro atoms. The van der Waals surface area contributed by atoms with Crippen LogP contribution >= 0.6 is 15.9 Å². The largest absolute Gasteiger partial charge is 0.479 e. The molecule has 0 fully saturated rings. The molecule has 1 heterocycles. The summed E-state index contributed by atoms with van der Waals surface area (Å²) >= 11 is 3.44. The van der Waals surface area contributed by atoms with Crippen molar-refractivity contribution in [3.63, 3.8) is 0 Å². The number of ether oxygens (including phenoxy) is 1. The van der Waals surface area contributed by atoms with Crippen LogP contribution < -0.4 is 4.74 Å². The van der Waals surface area contributed by atoms with Gasteiger partial charge in [-0.2, -0.15) is 0 Å². The SMILES string of the molecule is BrC1CCc2ccccc2O1. The fourth-order valence-corrected chi connectivity index (χ4v) is 1.72. The Labute approximate surface area is 74.5 Å². The molecule has 2 rings (SSSR count). The smallest absolute Gasteiger partial charge is 0.153 e. The van der Waals surface area contributed by atoms with Crippen LogP contribution in [0.25, 0.3) is 0 Å². The van der Waals surface area contributed by atoms with E-state index in [-0.39, 0.29) is 5.01 Å². The number of fused-ring (bicyclic) bond motifs is 1. The van der Waals surface area contributed by atoms with Gasteiger partial charge in [-0.1, -0.05) is 18.2 Å². The van der Waals surface area contributed by atoms with E-state index < -0.39 is 0 Å². The van der Waals surface area contributed by atoms with Gasteiger partial charge in [-0.3, -0.25) is 0 Å². The Hall–Kier alpha value is -0.500. The third kappa shape index (κ3) is 1.41. The lowest BCUT2D eigenvalue weighted by Gasteiger charge is -2.21. The van der Waals surface area contributed by atoms with Crippen molar-refractivity contribution in [1.29, 1.82) is 0 Å². The first-order chi connectivity index (χ1) is 5.36. The van der Waals surface area contributed by atoms with Crippen LogP contribution in [0.5, 0.6) is 5.75 Å². The van der Waals surface area contributed by atoms with Gasteiger partial charge >= 0.3 is 0 Å². The molecule has 1 aliphatic rings. The van der Waals surface area contributed by atoms with Gasteiger partial charge in [0.15, 0.2) is 5.01 Å². The van der Waals surface area contributed by atoms with Crippen LogP contribution in [0, 0.1) is 0 Å². The van der Waals surface area contributed by atoms with Gasteiger partial charge in [-0.05, 0) is 40.4 Å². The zero-order valence-corrected chi connectivity index (χ0v) is 7.67. The molecule has 0 radical (unpaired) electrons. The molecule has 1 unspecified atom stereocenters. The average molecular weight is 213 g/mol. The van der Waals surface area contributed by atoms with Gasteiger partial charge < -0.3 is 4.74 Å². The molecule has 58 valence electrons. The Morgan fingerprint density at radius 3 is 3.09 bits per heavy atom. The van der Waals surface area contributed by atoms with Crippen molar-refractivity contribution < 1.29 is 4.74 Å². The average Bonchev–Trinajstić information content (AvgIpc) is 2.04. The van der Waals surface area contributed by atoms with Gasteiger partial charge in [0.05, 0.1) is 0 Å². The van der Waals surface area contributed by atoms with Crippen molar-refractivity contribution in [2.24, 2.45) is 0 Å². The molecule has 1 aliphatic heterocycles. The number of alkyl halides is 1. The first-order valence-electron chi connectivity index (χ1n) is 3.75. The molecule has 0 bridgehead atoms. The summed E-state index contributed by atoms with van der Waals surface area (Å²) in [5.41, 5.74) is 1.32. The van der Waals surface area contributed by atoms with E-state index in [1.54, 1.807) is 0 Å². The number of benzene rings is 1. The number of halogens is 1. The third-order valence-corrected chi connectivity index (χ3v) is 2.51. The van der Waals surface area contributed by atoms with Gasteiger partial charge in [0.2, 0.25) is 0 Å². The highest BCUT2D eigenvalue weighted by Crippen LogP contribution is 2.28. The summed E-state index contributed by atoms with van der Waals surface area (Å²) in [6.45, 7) is 0. The Bertz CT molecular complexity index is 259. The minimum Gasteiger partial charge on any atom is -0.479 e. The Kier molecular flexibility index (Phi) is 1.86. The first-order valence-corrected chi connectivity index (χ1v) is 4.66.